The molecule has 2 unspecified atom stereocenters. The van der Waals surface area contributed by atoms with Crippen molar-refractivity contribution >= 4 is 22.8 Å². The Labute approximate surface area is 141 Å². The van der Waals surface area contributed by atoms with E-state index in [1.165, 1.54) is 6.08 Å². The van der Waals surface area contributed by atoms with Gasteiger partial charge in [-0.1, -0.05) is 13.3 Å². The zero-order chi connectivity index (χ0) is 18.1. The molecule has 0 saturated carbocycles. The van der Waals surface area contributed by atoms with Crippen LogP contribution in [-0.4, -0.2) is 49.3 Å². The summed E-state index contributed by atoms with van der Waals surface area (Å²) in [7, 11) is -1.11. The second kappa shape index (κ2) is 9.99. The maximum atomic E-state index is 11.9. The molecule has 2 atom stereocenters. The summed E-state index contributed by atoms with van der Waals surface area (Å²) in [6, 6.07) is -0.616. The summed E-state index contributed by atoms with van der Waals surface area (Å²) < 4.78 is 11.8. The highest BCUT2D eigenvalue weighted by Crippen LogP contribution is 1.99. The van der Waals surface area contributed by atoms with Crippen LogP contribution in [-0.2, 0) is 15.6 Å². The molecule has 1 aromatic heterocycles. The van der Waals surface area contributed by atoms with E-state index in [1.54, 1.807) is 6.92 Å². The molecule has 1 amide bonds. The first kappa shape index (κ1) is 20.0. The van der Waals surface area contributed by atoms with E-state index >= 15 is 0 Å². The highest BCUT2D eigenvalue weighted by atomic mass is 32.2. The molecular weight excluding hydrogens is 334 g/mol. The molecule has 0 spiro atoms. The molecule has 0 aliphatic carbocycles. The highest BCUT2D eigenvalue weighted by molar-refractivity contribution is 7.85. The van der Waals surface area contributed by atoms with E-state index in [-0.39, 0.29) is 17.9 Å². The third kappa shape index (κ3) is 6.63. The lowest BCUT2D eigenvalue weighted by atomic mass is 10.2. The number of carbonyl (C=O) groups excluding carboxylic acids is 1. The van der Waals surface area contributed by atoms with E-state index in [0.29, 0.717) is 11.4 Å². The monoisotopic (exact) mass is 357 g/mol. The smallest absolute Gasteiger partial charge is 0.325 e. The van der Waals surface area contributed by atoms with Crippen molar-refractivity contribution in [2.75, 3.05) is 18.1 Å². The van der Waals surface area contributed by atoms with Crippen LogP contribution in [0.5, 0.6) is 0 Å². The molecule has 134 valence electrons. The predicted octanol–water partition coefficient (Wildman–Crippen LogP) is -0.589. The molecule has 0 saturated heterocycles. The molecule has 0 fully saturated rings. The van der Waals surface area contributed by atoms with Gasteiger partial charge in [-0.25, -0.2) is 4.79 Å². The van der Waals surface area contributed by atoms with Gasteiger partial charge in [0.05, 0.1) is 18.2 Å². The fraction of sp³-hybridized carbons (Fsp3) is 0.533. The van der Waals surface area contributed by atoms with Crippen molar-refractivity contribution in [1.82, 2.24) is 15.3 Å². The summed E-state index contributed by atoms with van der Waals surface area (Å²) in [5.74, 6) is 0.186. The average Bonchev–Trinajstić information content (AvgIpc) is 2.51. The molecule has 1 aromatic rings. The van der Waals surface area contributed by atoms with Crippen molar-refractivity contribution in [3.8, 4) is 0 Å². The molecule has 0 aliphatic rings. The van der Waals surface area contributed by atoms with Crippen molar-refractivity contribution < 1.29 is 14.1 Å². The van der Waals surface area contributed by atoms with Gasteiger partial charge >= 0.3 is 5.69 Å². The maximum absolute atomic E-state index is 11.9. The van der Waals surface area contributed by atoms with Crippen molar-refractivity contribution in [3.63, 3.8) is 0 Å². The summed E-state index contributed by atoms with van der Waals surface area (Å²) in [5.41, 5.74) is -0.710. The number of nitrogens with one attached hydrogen (secondary N) is 3. The summed E-state index contributed by atoms with van der Waals surface area (Å²) in [4.78, 5) is 39.1. The number of aromatic nitrogens is 2. The molecule has 9 heteroatoms. The van der Waals surface area contributed by atoms with Crippen LogP contribution in [0.25, 0.3) is 6.08 Å². The number of H-pyrrole nitrogens is 2. The molecule has 1 rings (SSSR count). The van der Waals surface area contributed by atoms with E-state index in [2.05, 4.69) is 15.3 Å². The first-order valence-corrected chi connectivity index (χ1v) is 9.13. The number of aliphatic hydroxyl groups is 1. The van der Waals surface area contributed by atoms with Gasteiger partial charge in [0, 0.05) is 34.1 Å². The number of carbonyl (C=O) groups is 1. The maximum Gasteiger partial charge on any atom is 0.325 e. The van der Waals surface area contributed by atoms with Gasteiger partial charge in [0.25, 0.3) is 5.56 Å². The first-order valence-electron chi connectivity index (χ1n) is 7.65. The third-order valence-corrected chi connectivity index (χ3v) is 4.78. The number of rotatable bonds is 9. The molecular formula is C15H23N3O5S. The van der Waals surface area contributed by atoms with E-state index in [0.717, 1.165) is 18.9 Å². The van der Waals surface area contributed by atoms with Crippen LogP contribution >= 0.6 is 0 Å². The van der Waals surface area contributed by atoms with Gasteiger partial charge in [-0.05, 0) is 19.4 Å². The van der Waals surface area contributed by atoms with Crippen LogP contribution in [0.15, 0.2) is 15.7 Å². The van der Waals surface area contributed by atoms with E-state index < -0.39 is 34.0 Å². The second-order valence-electron chi connectivity index (χ2n) is 5.33. The largest absolute Gasteiger partial charge is 0.394 e. The average molecular weight is 357 g/mol. The zero-order valence-electron chi connectivity index (χ0n) is 13.8. The predicted molar refractivity (Wildman–Crippen MR) is 93.3 cm³/mol. The summed E-state index contributed by atoms with van der Waals surface area (Å²) in [5, 5.41) is 11.8. The van der Waals surface area contributed by atoms with Crippen LogP contribution < -0.4 is 16.6 Å². The second-order valence-corrected chi connectivity index (χ2v) is 6.95. The minimum absolute atomic E-state index is 0.164. The third-order valence-electron chi connectivity index (χ3n) is 3.26. The number of hydrogen-bond donors (Lipinski definition) is 4. The minimum atomic E-state index is -1.11. The van der Waals surface area contributed by atoms with Gasteiger partial charge in [0.2, 0.25) is 5.91 Å². The lowest BCUT2D eigenvalue weighted by molar-refractivity contribution is -0.117. The standard InChI is InChI=1S/C15H23N3O5S/c1-3-4-7-24(23)9-11(8-19)17-13(20)6-5-12-10(2)16-15(22)18-14(12)21/h5-6,11,19H,3-4,7-9H2,1-2H3,(H,17,20)(H2,16,18,21,22)/b6-5-. The molecule has 0 radical (unpaired) electrons. The fourth-order valence-corrected chi connectivity index (χ4v) is 3.39. The number of aryl methyl sites for hydroxylation is 1. The SMILES string of the molecule is CCCCS(=O)CC(CO)NC(=O)/C=C\c1c(C)[nH]c(=O)[nH]c1=O. The topological polar surface area (TPSA) is 132 Å². The van der Waals surface area contributed by atoms with E-state index in [1.807, 2.05) is 6.92 Å². The number of amides is 1. The molecule has 4 N–H and O–H groups in total. The molecule has 8 nitrogen and oxygen atoms in total. The molecule has 1 heterocycles. The number of hydrogen-bond acceptors (Lipinski definition) is 5. The van der Waals surface area contributed by atoms with Crippen LogP contribution in [0.2, 0.25) is 0 Å². The molecule has 0 aliphatic heterocycles. The minimum Gasteiger partial charge on any atom is -0.394 e. The Bertz CT molecular complexity index is 723. The van der Waals surface area contributed by atoms with Crippen molar-refractivity contribution in [3.05, 3.63) is 38.2 Å². The molecule has 24 heavy (non-hydrogen) atoms. The Kier molecular flexibility index (Phi) is 8.34. The van der Waals surface area contributed by atoms with Gasteiger partial charge in [-0.3, -0.25) is 18.8 Å². The van der Waals surface area contributed by atoms with Crippen LogP contribution in [0.1, 0.15) is 31.0 Å². The van der Waals surface area contributed by atoms with E-state index in [9.17, 15) is 23.7 Å². The first-order chi connectivity index (χ1) is 11.4. The zero-order valence-corrected chi connectivity index (χ0v) is 14.6. The highest BCUT2D eigenvalue weighted by Gasteiger charge is 2.13. The summed E-state index contributed by atoms with van der Waals surface area (Å²) in [6.07, 6.45) is 4.17. The van der Waals surface area contributed by atoms with Crippen LogP contribution in [0.3, 0.4) is 0 Å². The Hall–Kier alpha value is -2.00. The van der Waals surface area contributed by atoms with Gasteiger partial charge in [0.1, 0.15) is 0 Å². The Morgan fingerprint density at radius 1 is 1.38 bits per heavy atom. The summed E-state index contributed by atoms with van der Waals surface area (Å²) >= 11 is 0. The van der Waals surface area contributed by atoms with Crippen LogP contribution in [0, 0.1) is 6.92 Å². The molecule has 0 aromatic carbocycles. The normalized spacial score (nSPS) is 13.8. The van der Waals surface area contributed by atoms with Crippen molar-refractivity contribution in [2.45, 2.75) is 32.7 Å². The fourth-order valence-electron chi connectivity index (χ4n) is 1.97. The van der Waals surface area contributed by atoms with E-state index in [4.69, 9.17) is 0 Å². The van der Waals surface area contributed by atoms with Crippen LogP contribution in [0.4, 0.5) is 0 Å². The van der Waals surface area contributed by atoms with Gasteiger partial charge < -0.3 is 15.4 Å². The summed E-state index contributed by atoms with van der Waals surface area (Å²) in [6.45, 7) is 3.21. The Morgan fingerprint density at radius 2 is 2.08 bits per heavy atom. The van der Waals surface area contributed by atoms with Crippen molar-refractivity contribution in [2.24, 2.45) is 0 Å². The quantitative estimate of drug-likeness (QED) is 0.439. The lowest BCUT2D eigenvalue weighted by Gasteiger charge is -2.14. The number of unbranched alkanes of at least 4 members (excludes halogenated alkanes) is 1. The molecule has 0 bridgehead atoms. The number of aromatic amines is 2. The Balaban J connectivity index is 2.69. The number of aliphatic hydroxyl groups excluding tert-OH is 1. The van der Waals surface area contributed by atoms with Crippen molar-refractivity contribution in [1.29, 1.82) is 0 Å². The van der Waals surface area contributed by atoms with Gasteiger partial charge in [-0.15, -0.1) is 0 Å². The Morgan fingerprint density at radius 3 is 2.67 bits per heavy atom. The van der Waals surface area contributed by atoms with Gasteiger partial charge in [-0.2, -0.15) is 0 Å². The lowest BCUT2D eigenvalue weighted by Crippen LogP contribution is -2.40. The van der Waals surface area contributed by atoms with Gasteiger partial charge in [0.15, 0.2) is 0 Å².